The standard InChI is InChI=1S/C13H13ClN2O3/c1-16(7-9-4-2-3-5-11(9)14)8-10-6-12(13(17)18)15-19-10/h2-6H,7-8H2,1H3,(H,17,18). The molecule has 0 saturated heterocycles. The monoisotopic (exact) mass is 280 g/mol. The number of carboxylic acids is 1. The number of benzene rings is 1. The zero-order valence-electron chi connectivity index (χ0n) is 10.3. The molecular weight excluding hydrogens is 268 g/mol. The lowest BCUT2D eigenvalue weighted by molar-refractivity contribution is 0.0685. The van der Waals surface area contributed by atoms with Crippen molar-refractivity contribution in [2.45, 2.75) is 13.1 Å². The zero-order valence-corrected chi connectivity index (χ0v) is 11.1. The number of halogens is 1. The van der Waals surface area contributed by atoms with Gasteiger partial charge in [-0.15, -0.1) is 0 Å². The molecule has 0 amide bonds. The third kappa shape index (κ3) is 3.56. The van der Waals surface area contributed by atoms with Crippen LogP contribution in [0.5, 0.6) is 0 Å². The summed E-state index contributed by atoms with van der Waals surface area (Å²) in [5.41, 5.74) is 0.922. The van der Waals surface area contributed by atoms with Crippen molar-refractivity contribution in [1.82, 2.24) is 10.1 Å². The van der Waals surface area contributed by atoms with E-state index in [1.165, 1.54) is 6.07 Å². The third-order valence-corrected chi connectivity index (χ3v) is 2.97. The summed E-state index contributed by atoms with van der Waals surface area (Å²) in [7, 11) is 1.90. The third-order valence-electron chi connectivity index (χ3n) is 2.60. The molecular formula is C13H13ClN2O3. The number of hydrogen-bond donors (Lipinski definition) is 1. The molecule has 0 fully saturated rings. The fraction of sp³-hybridized carbons (Fsp3) is 0.231. The maximum atomic E-state index is 10.7. The Kier molecular flexibility index (Phi) is 4.19. The molecule has 0 atom stereocenters. The molecule has 2 aromatic rings. The molecule has 5 nitrogen and oxygen atoms in total. The Morgan fingerprint density at radius 3 is 2.79 bits per heavy atom. The molecule has 0 spiro atoms. The molecule has 1 aromatic heterocycles. The van der Waals surface area contributed by atoms with E-state index in [0.29, 0.717) is 23.9 Å². The van der Waals surface area contributed by atoms with E-state index in [2.05, 4.69) is 5.16 Å². The normalized spacial score (nSPS) is 10.9. The summed E-state index contributed by atoms with van der Waals surface area (Å²) >= 11 is 6.08. The Morgan fingerprint density at radius 2 is 2.16 bits per heavy atom. The minimum Gasteiger partial charge on any atom is -0.476 e. The number of aromatic carboxylic acids is 1. The number of hydrogen-bond acceptors (Lipinski definition) is 4. The summed E-state index contributed by atoms with van der Waals surface area (Å²) in [5, 5.41) is 12.9. The molecule has 1 aromatic carbocycles. The maximum absolute atomic E-state index is 10.7. The summed E-state index contributed by atoms with van der Waals surface area (Å²) in [6.45, 7) is 1.11. The van der Waals surface area contributed by atoms with Gasteiger partial charge in [0.2, 0.25) is 0 Å². The fourth-order valence-electron chi connectivity index (χ4n) is 1.73. The Bertz CT molecular complexity index is 583. The highest BCUT2D eigenvalue weighted by Crippen LogP contribution is 2.17. The molecule has 2 rings (SSSR count). The van der Waals surface area contributed by atoms with Gasteiger partial charge >= 0.3 is 5.97 Å². The highest BCUT2D eigenvalue weighted by Gasteiger charge is 2.12. The molecule has 1 N–H and O–H groups in total. The van der Waals surface area contributed by atoms with Crippen LogP contribution >= 0.6 is 11.6 Å². The van der Waals surface area contributed by atoms with Crippen LogP contribution < -0.4 is 0 Å². The van der Waals surface area contributed by atoms with Gasteiger partial charge in [-0.1, -0.05) is 35.0 Å². The van der Waals surface area contributed by atoms with Crippen molar-refractivity contribution < 1.29 is 14.4 Å². The van der Waals surface area contributed by atoms with E-state index in [-0.39, 0.29) is 5.69 Å². The Labute approximate surface area is 115 Å². The molecule has 0 aliphatic carbocycles. The van der Waals surface area contributed by atoms with Crippen LogP contribution in [-0.4, -0.2) is 28.2 Å². The van der Waals surface area contributed by atoms with Gasteiger partial charge in [-0.2, -0.15) is 0 Å². The molecule has 6 heteroatoms. The van der Waals surface area contributed by atoms with E-state index < -0.39 is 5.97 Å². The van der Waals surface area contributed by atoms with Crippen LogP contribution in [0.2, 0.25) is 5.02 Å². The number of nitrogens with zero attached hydrogens (tertiary/aromatic N) is 2. The van der Waals surface area contributed by atoms with Crippen molar-refractivity contribution in [2.75, 3.05) is 7.05 Å². The van der Waals surface area contributed by atoms with Crippen molar-refractivity contribution >= 4 is 17.6 Å². The molecule has 0 bridgehead atoms. The second-order valence-electron chi connectivity index (χ2n) is 4.25. The second-order valence-corrected chi connectivity index (χ2v) is 4.65. The topological polar surface area (TPSA) is 66.6 Å². The summed E-state index contributed by atoms with van der Waals surface area (Å²) in [4.78, 5) is 12.6. The van der Waals surface area contributed by atoms with E-state index in [4.69, 9.17) is 21.2 Å². The zero-order chi connectivity index (χ0) is 13.8. The first kappa shape index (κ1) is 13.6. The number of carboxylic acid groups (broad SMARTS) is 1. The van der Waals surface area contributed by atoms with Gasteiger partial charge in [0, 0.05) is 17.6 Å². The van der Waals surface area contributed by atoms with Crippen molar-refractivity contribution in [1.29, 1.82) is 0 Å². The number of aromatic nitrogens is 1. The minimum absolute atomic E-state index is 0.0823. The summed E-state index contributed by atoms with van der Waals surface area (Å²) in [6.07, 6.45) is 0. The van der Waals surface area contributed by atoms with Gasteiger partial charge in [-0.25, -0.2) is 4.79 Å². The smallest absolute Gasteiger partial charge is 0.358 e. The summed E-state index contributed by atoms with van der Waals surface area (Å²) in [6, 6.07) is 9.00. The van der Waals surface area contributed by atoms with Crippen molar-refractivity contribution in [2.24, 2.45) is 0 Å². The van der Waals surface area contributed by atoms with Crippen LogP contribution in [-0.2, 0) is 13.1 Å². The first-order chi connectivity index (χ1) is 9.06. The van der Waals surface area contributed by atoms with Crippen molar-refractivity contribution in [3.63, 3.8) is 0 Å². The summed E-state index contributed by atoms with van der Waals surface area (Å²) < 4.78 is 4.96. The lowest BCUT2D eigenvalue weighted by Crippen LogP contribution is -2.17. The van der Waals surface area contributed by atoms with Gasteiger partial charge in [0.05, 0.1) is 6.54 Å². The Morgan fingerprint density at radius 1 is 1.42 bits per heavy atom. The van der Waals surface area contributed by atoms with Gasteiger partial charge in [-0.05, 0) is 18.7 Å². The molecule has 0 aliphatic heterocycles. The quantitative estimate of drug-likeness (QED) is 0.912. The molecule has 100 valence electrons. The van der Waals surface area contributed by atoms with E-state index in [9.17, 15) is 4.79 Å². The van der Waals surface area contributed by atoms with E-state index >= 15 is 0 Å². The fourth-order valence-corrected chi connectivity index (χ4v) is 1.92. The van der Waals surface area contributed by atoms with Crippen molar-refractivity contribution in [3.05, 3.63) is 52.4 Å². The van der Waals surface area contributed by atoms with Gasteiger partial charge in [0.1, 0.15) is 0 Å². The van der Waals surface area contributed by atoms with Crippen LogP contribution in [0.3, 0.4) is 0 Å². The minimum atomic E-state index is -1.09. The second kappa shape index (κ2) is 5.86. The molecule has 0 saturated carbocycles. The van der Waals surface area contributed by atoms with Crippen LogP contribution in [0.1, 0.15) is 21.8 Å². The average Bonchev–Trinajstić information content (AvgIpc) is 2.80. The van der Waals surface area contributed by atoms with Gasteiger partial charge in [0.15, 0.2) is 11.5 Å². The van der Waals surface area contributed by atoms with Gasteiger partial charge < -0.3 is 9.63 Å². The molecule has 0 aliphatic rings. The lowest BCUT2D eigenvalue weighted by Gasteiger charge is -2.15. The predicted octanol–water partition coefficient (Wildman–Crippen LogP) is 2.66. The Hall–Kier alpha value is -1.85. The van der Waals surface area contributed by atoms with E-state index in [0.717, 1.165) is 5.56 Å². The van der Waals surface area contributed by atoms with E-state index in [1.807, 2.05) is 36.2 Å². The first-order valence-electron chi connectivity index (χ1n) is 5.67. The SMILES string of the molecule is CN(Cc1cc(C(=O)O)no1)Cc1ccccc1Cl. The van der Waals surface area contributed by atoms with Crippen LogP contribution in [0, 0.1) is 0 Å². The van der Waals surface area contributed by atoms with Crippen LogP contribution in [0.15, 0.2) is 34.9 Å². The van der Waals surface area contributed by atoms with Crippen LogP contribution in [0.25, 0.3) is 0 Å². The Balaban J connectivity index is 1.99. The number of rotatable bonds is 5. The molecule has 0 unspecified atom stereocenters. The van der Waals surface area contributed by atoms with Crippen molar-refractivity contribution in [3.8, 4) is 0 Å². The molecule has 19 heavy (non-hydrogen) atoms. The predicted molar refractivity (Wildman–Crippen MR) is 70.1 cm³/mol. The molecule has 0 radical (unpaired) electrons. The maximum Gasteiger partial charge on any atom is 0.358 e. The highest BCUT2D eigenvalue weighted by molar-refractivity contribution is 6.31. The van der Waals surface area contributed by atoms with Gasteiger partial charge in [0.25, 0.3) is 0 Å². The number of carbonyl (C=O) groups is 1. The largest absolute Gasteiger partial charge is 0.476 e. The lowest BCUT2D eigenvalue weighted by atomic mass is 10.2. The first-order valence-corrected chi connectivity index (χ1v) is 6.05. The van der Waals surface area contributed by atoms with E-state index in [1.54, 1.807) is 0 Å². The molecule has 1 heterocycles. The average molecular weight is 281 g/mol. The van der Waals surface area contributed by atoms with Gasteiger partial charge in [-0.3, -0.25) is 4.90 Å². The van der Waals surface area contributed by atoms with Crippen LogP contribution in [0.4, 0.5) is 0 Å². The highest BCUT2D eigenvalue weighted by atomic mass is 35.5. The summed E-state index contributed by atoms with van der Waals surface area (Å²) in [5.74, 6) is -0.587.